The molecule has 102 valence electrons. The van der Waals surface area contributed by atoms with Crippen molar-refractivity contribution in [2.75, 3.05) is 18.1 Å². The number of fused-ring (bicyclic) bond motifs is 1. The molecule has 0 saturated carbocycles. The summed E-state index contributed by atoms with van der Waals surface area (Å²) in [6.45, 7) is 8.56. The molecule has 0 aliphatic carbocycles. The van der Waals surface area contributed by atoms with Gasteiger partial charge >= 0.3 is 0 Å². The second kappa shape index (κ2) is 5.13. The van der Waals surface area contributed by atoms with Crippen molar-refractivity contribution in [1.29, 1.82) is 0 Å². The standard InChI is InChI=1S/C15H19NO3/c1-9(2)19-6-5-16-12-8-10(3)7-11(4)13(12)14(17)15(16)18/h7-9H,5-6H2,1-4H3. The molecular formula is C15H19NO3. The Morgan fingerprint density at radius 3 is 2.53 bits per heavy atom. The van der Waals surface area contributed by atoms with Gasteiger partial charge < -0.3 is 9.64 Å². The Hall–Kier alpha value is -1.68. The molecule has 1 aliphatic rings. The van der Waals surface area contributed by atoms with Crippen LogP contribution in [0.1, 0.15) is 35.3 Å². The molecule has 2 rings (SSSR count). The van der Waals surface area contributed by atoms with Crippen LogP contribution in [0, 0.1) is 13.8 Å². The van der Waals surface area contributed by atoms with Crippen molar-refractivity contribution >= 4 is 17.4 Å². The van der Waals surface area contributed by atoms with Gasteiger partial charge in [0.2, 0.25) is 0 Å². The minimum atomic E-state index is -0.448. The lowest BCUT2D eigenvalue weighted by atomic mass is 10.0. The van der Waals surface area contributed by atoms with Crippen LogP contribution < -0.4 is 4.90 Å². The summed E-state index contributed by atoms with van der Waals surface area (Å²) in [6, 6.07) is 3.82. The zero-order chi connectivity index (χ0) is 14.2. The van der Waals surface area contributed by atoms with E-state index in [0.717, 1.165) is 16.8 Å². The van der Waals surface area contributed by atoms with Crippen LogP contribution in [0.5, 0.6) is 0 Å². The smallest absolute Gasteiger partial charge is 0.299 e. The van der Waals surface area contributed by atoms with E-state index in [9.17, 15) is 9.59 Å². The van der Waals surface area contributed by atoms with Crippen LogP contribution in [0.15, 0.2) is 12.1 Å². The third-order valence-corrected chi connectivity index (χ3v) is 3.18. The first-order valence-electron chi connectivity index (χ1n) is 6.51. The van der Waals surface area contributed by atoms with Gasteiger partial charge in [0.15, 0.2) is 0 Å². The summed E-state index contributed by atoms with van der Waals surface area (Å²) in [5.74, 6) is -0.854. The molecule has 1 aliphatic heterocycles. The van der Waals surface area contributed by atoms with Crippen molar-refractivity contribution in [3.8, 4) is 0 Å². The molecule has 0 aromatic heterocycles. The molecule has 4 heteroatoms. The summed E-state index contributed by atoms with van der Waals surface area (Å²) >= 11 is 0. The van der Waals surface area contributed by atoms with Gasteiger partial charge in [-0.05, 0) is 44.9 Å². The predicted octanol–water partition coefficient (Wildman–Crippen LogP) is 2.26. The molecule has 0 fully saturated rings. The molecule has 1 heterocycles. The molecule has 0 saturated heterocycles. The Labute approximate surface area is 113 Å². The zero-order valence-corrected chi connectivity index (χ0v) is 11.8. The lowest BCUT2D eigenvalue weighted by molar-refractivity contribution is -0.114. The van der Waals surface area contributed by atoms with Gasteiger partial charge in [-0.3, -0.25) is 9.59 Å². The average molecular weight is 261 g/mol. The fourth-order valence-electron chi connectivity index (χ4n) is 2.39. The Morgan fingerprint density at radius 2 is 1.89 bits per heavy atom. The number of hydrogen-bond acceptors (Lipinski definition) is 3. The highest BCUT2D eigenvalue weighted by Crippen LogP contribution is 2.32. The van der Waals surface area contributed by atoms with Gasteiger partial charge in [0, 0.05) is 6.54 Å². The molecule has 1 aromatic carbocycles. The topological polar surface area (TPSA) is 46.6 Å². The quantitative estimate of drug-likeness (QED) is 0.781. The largest absolute Gasteiger partial charge is 0.377 e. The number of carbonyl (C=O) groups is 2. The van der Waals surface area contributed by atoms with E-state index in [1.807, 2.05) is 39.8 Å². The van der Waals surface area contributed by atoms with Crippen molar-refractivity contribution in [3.63, 3.8) is 0 Å². The molecule has 0 unspecified atom stereocenters. The van der Waals surface area contributed by atoms with Gasteiger partial charge in [-0.1, -0.05) is 6.07 Å². The highest BCUT2D eigenvalue weighted by molar-refractivity contribution is 6.52. The molecule has 19 heavy (non-hydrogen) atoms. The third-order valence-electron chi connectivity index (χ3n) is 3.18. The molecule has 1 amide bonds. The maximum absolute atomic E-state index is 12.0. The van der Waals surface area contributed by atoms with Gasteiger partial charge in [0.05, 0.1) is 24.0 Å². The summed E-state index contributed by atoms with van der Waals surface area (Å²) in [5, 5.41) is 0. The lowest BCUT2D eigenvalue weighted by Gasteiger charge is -2.18. The molecule has 0 radical (unpaired) electrons. The number of ether oxygens (including phenoxy) is 1. The molecule has 0 atom stereocenters. The average Bonchev–Trinajstić information content (AvgIpc) is 2.53. The van der Waals surface area contributed by atoms with Gasteiger partial charge in [0.25, 0.3) is 11.7 Å². The minimum absolute atomic E-state index is 0.118. The number of aryl methyl sites for hydroxylation is 2. The van der Waals surface area contributed by atoms with Crippen LogP contribution in [0.2, 0.25) is 0 Å². The zero-order valence-electron chi connectivity index (χ0n) is 11.8. The second-order valence-corrected chi connectivity index (χ2v) is 5.18. The first-order chi connectivity index (χ1) is 8.91. The van der Waals surface area contributed by atoms with Crippen LogP contribution in [-0.2, 0) is 9.53 Å². The minimum Gasteiger partial charge on any atom is -0.377 e. The highest BCUT2D eigenvalue weighted by Gasteiger charge is 2.36. The van der Waals surface area contributed by atoms with Gasteiger partial charge in [-0.15, -0.1) is 0 Å². The SMILES string of the molecule is Cc1cc(C)c2c(c1)N(CCOC(C)C)C(=O)C2=O. The predicted molar refractivity (Wildman–Crippen MR) is 73.7 cm³/mol. The first-order valence-corrected chi connectivity index (χ1v) is 6.51. The normalized spacial score (nSPS) is 14.5. The fourth-order valence-corrected chi connectivity index (χ4v) is 2.39. The van der Waals surface area contributed by atoms with Crippen LogP contribution >= 0.6 is 0 Å². The summed E-state index contributed by atoms with van der Waals surface area (Å²) in [4.78, 5) is 25.6. The molecular weight excluding hydrogens is 242 g/mol. The Kier molecular flexibility index (Phi) is 3.71. The van der Waals surface area contributed by atoms with E-state index in [1.54, 1.807) is 0 Å². The molecule has 4 nitrogen and oxygen atoms in total. The van der Waals surface area contributed by atoms with E-state index < -0.39 is 11.7 Å². The number of amides is 1. The van der Waals surface area contributed by atoms with Crippen molar-refractivity contribution in [2.24, 2.45) is 0 Å². The van der Waals surface area contributed by atoms with Gasteiger partial charge in [-0.25, -0.2) is 0 Å². The Balaban J connectivity index is 2.28. The maximum atomic E-state index is 12.0. The Morgan fingerprint density at radius 1 is 1.21 bits per heavy atom. The second-order valence-electron chi connectivity index (χ2n) is 5.18. The fraction of sp³-hybridized carbons (Fsp3) is 0.467. The number of nitrogens with zero attached hydrogens (tertiary/aromatic N) is 1. The number of anilines is 1. The van der Waals surface area contributed by atoms with E-state index in [2.05, 4.69) is 0 Å². The number of rotatable bonds is 4. The highest BCUT2D eigenvalue weighted by atomic mass is 16.5. The van der Waals surface area contributed by atoms with Crippen LogP contribution in [0.25, 0.3) is 0 Å². The number of carbonyl (C=O) groups excluding carboxylic acids is 2. The molecule has 0 spiro atoms. The van der Waals surface area contributed by atoms with E-state index in [1.165, 1.54) is 4.90 Å². The summed E-state index contributed by atoms with van der Waals surface area (Å²) in [6.07, 6.45) is 0.118. The number of hydrogen-bond donors (Lipinski definition) is 0. The number of ketones is 1. The number of Topliss-reactive ketones (excluding diaryl/α,β-unsaturated/α-hetero) is 1. The lowest BCUT2D eigenvalue weighted by Crippen LogP contribution is -2.33. The van der Waals surface area contributed by atoms with Crippen molar-refractivity contribution < 1.29 is 14.3 Å². The summed E-state index contributed by atoms with van der Waals surface area (Å²) in [5.41, 5.74) is 3.18. The first kappa shape index (κ1) is 13.7. The van der Waals surface area contributed by atoms with Crippen molar-refractivity contribution in [2.45, 2.75) is 33.8 Å². The van der Waals surface area contributed by atoms with Gasteiger partial charge in [-0.2, -0.15) is 0 Å². The summed E-state index contributed by atoms with van der Waals surface area (Å²) in [7, 11) is 0. The molecule has 0 bridgehead atoms. The molecule has 1 aromatic rings. The van der Waals surface area contributed by atoms with E-state index >= 15 is 0 Å². The van der Waals surface area contributed by atoms with Crippen molar-refractivity contribution in [3.05, 3.63) is 28.8 Å². The summed E-state index contributed by atoms with van der Waals surface area (Å²) < 4.78 is 5.46. The van der Waals surface area contributed by atoms with E-state index in [0.29, 0.717) is 18.7 Å². The third kappa shape index (κ3) is 2.54. The van der Waals surface area contributed by atoms with Crippen LogP contribution in [-0.4, -0.2) is 30.9 Å². The molecule has 0 N–H and O–H groups in total. The monoisotopic (exact) mass is 261 g/mol. The maximum Gasteiger partial charge on any atom is 0.299 e. The van der Waals surface area contributed by atoms with Crippen LogP contribution in [0.3, 0.4) is 0 Å². The van der Waals surface area contributed by atoms with Gasteiger partial charge in [0.1, 0.15) is 0 Å². The van der Waals surface area contributed by atoms with Crippen molar-refractivity contribution in [1.82, 2.24) is 0 Å². The van der Waals surface area contributed by atoms with E-state index in [4.69, 9.17) is 4.74 Å². The Bertz CT molecular complexity index is 534. The van der Waals surface area contributed by atoms with Crippen LogP contribution in [0.4, 0.5) is 5.69 Å². The number of benzene rings is 1. The van der Waals surface area contributed by atoms with E-state index in [-0.39, 0.29) is 6.10 Å².